The Morgan fingerprint density at radius 1 is 1.43 bits per heavy atom. The third-order valence-corrected chi connectivity index (χ3v) is 4.22. The van der Waals surface area contributed by atoms with Crippen molar-refractivity contribution in [1.29, 1.82) is 0 Å². The van der Waals surface area contributed by atoms with Crippen LogP contribution in [0.15, 0.2) is 0 Å². The summed E-state index contributed by atoms with van der Waals surface area (Å²) in [5, 5.41) is 0. The fourth-order valence-electron chi connectivity index (χ4n) is 2.87. The highest BCUT2D eigenvalue weighted by molar-refractivity contribution is 4.89. The summed E-state index contributed by atoms with van der Waals surface area (Å²) in [5.41, 5.74) is 6.66. The maximum atomic E-state index is 6.02. The summed E-state index contributed by atoms with van der Waals surface area (Å²) < 4.78 is 0. The lowest BCUT2D eigenvalue weighted by Gasteiger charge is -2.45. The van der Waals surface area contributed by atoms with E-state index in [2.05, 4.69) is 18.7 Å². The molecule has 2 atom stereocenters. The van der Waals surface area contributed by atoms with Crippen LogP contribution in [-0.2, 0) is 0 Å². The van der Waals surface area contributed by atoms with Crippen molar-refractivity contribution in [2.45, 2.75) is 45.6 Å². The second-order valence-electron chi connectivity index (χ2n) is 5.83. The predicted molar refractivity (Wildman–Crippen MR) is 60.2 cm³/mol. The molecule has 1 aliphatic heterocycles. The van der Waals surface area contributed by atoms with E-state index in [1.165, 1.54) is 45.3 Å². The normalized spacial score (nSPS) is 37.9. The lowest BCUT2D eigenvalue weighted by atomic mass is 9.70. The minimum atomic E-state index is 0.445. The number of hydrogen-bond acceptors (Lipinski definition) is 2. The zero-order valence-electron chi connectivity index (χ0n) is 9.63. The number of likely N-dealkylation sites (tertiary alicyclic amines) is 1. The smallest absolute Gasteiger partial charge is 0.00889 e. The van der Waals surface area contributed by atoms with E-state index in [1.54, 1.807) is 0 Å². The summed E-state index contributed by atoms with van der Waals surface area (Å²) in [4.78, 5) is 2.63. The summed E-state index contributed by atoms with van der Waals surface area (Å²) in [6, 6.07) is 0.445. The predicted octanol–water partition coefficient (Wildman–Crippen LogP) is 1.85. The van der Waals surface area contributed by atoms with Crippen molar-refractivity contribution in [3.63, 3.8) is 0 Å². The highest BCUT2D eigenvalue weighted by Gasteiger charge is 2.35. The van der Waals surface area contributed by atoms with E-state index in [-0.39, 0.29) is 0 Å². The van der Waals surface area contributed by atoms with Crippen molar-refractivity contribution in [3.05, 3.63) is 0 Å². The van der Waals surface area contributed by atoms with Gasteiger partial charge in [0.05, 0.1) is 0 Å². The maximum Gasteiger partial charge on any atom is 0.00889 e. The molecule has 1 heterocycles. The molecule has 0 aromatic heterocycles. The van der Waals surface area contributed by atoms with E-state index in [0.717, 1.165) is 0 Å². The molecule has 14 heavy (non-hydrogen) atoms. The standard InChI is InChI=1S/C12H24N2/c1-10-8-14(7-4-11(10)13)9-12(2)5-3-6-12/h10-11H,3-9,13H2,1-2H3. The molecule has 1 aliphatic carbocycles. The molecular formula is C12H24N2. The van der Waals surface area contributed by atoms with Crippen molar-refractivity contribution in [3.8, 4) is 0 Å². The Labute approximate surface area is 87.8 Å². The average molecular weight is 196 g/mol. The van der Waals surface area contributed by atoms with Crippen LogP contribution < -0.4 is 5.73 Å². The first-order valence-electron chi connectivity index (χ1n) is 6.07. The van der Waals surface area contributed by atoms with Crippen LogP contribution in [-0.4, -0.2) is 30.6 Å². The maximum absolute atomic E-state index is 6.02. The molecule has 1 saturated heterocycles. The Morgan fingerprint density at radius 3 is 2.64 bits per heavy atom. The van der Waals surface area contributed by atoms with Gasteiger partial charge in [0.15, 0.2) is 0 Å². The van der Waals surface area contributed by atoms with Crippen molar-refractivity contribution >= 4 is 0 Å². The minimum absolute atomic E-state index is 0.445. The second kappa shape index (κ2) is 3.82. The Hall–Kier alpha value is -0.0800. The van der Waals surface area contributed by atoms with Gasteiger partial charge in [-0.2, -0.15) is 0 Å². The molecule has 82 valence electrons. The first-order chi connectivity index (χ1) is 6.59. The SMILES string of the molecule is CC1CN(CC2(C)CCC2)CCC1N. The van der Waals surface area contributed by atoms with E-state index in [0.29, 0.717) is 17.4 Å². The number of rotatable bonds is 2. The van der Waals surface area contributed by atoms with E-state index < -0.39 is 0 Å². The van der Waals surface area contributed by atoms with Crippen molar-refractivity contribution in [2.24, 2.45) is 17.1 Å². The topological polar surface area (TPSA) is 29.3 Å². The molecule has 2 rings (SSSR count). The monoisotopic (exact) mass is 196 g/mol. The molecule has 1 saturated carbocycles. The summed E-state index contributed by atoms with van der Waals surface area (Å²) in [7, 11) is 0. The molecule has 0 aromatic rings. The summed E-state index contributed by atoms with van der Waals surface area (Å²) in [6.07, 6.45) is 5.50. The Morgan fingerprint density at radius 2 is 2.14 bits per heavy atom. The van der Waals surface area contributed by atoms with E-state index in [9.17, 15) is 0 Å². The van der Waals surface area contributed by atoms with E-state index >= 15 is 0 Å². The Bertz CT molecular complexity index is 198. The van der Waals surface area contributed by atoms with E-state index in [4.69, 9.17) is 5.73 Å². The number of hydrogen-bond donors (Lipinski definition) is 1. The van der Waals surface area contributed by atoms with Crippen molar-refractivity contribution in [1.82, 2.24) is 4.90 Å². The minimum Gasteiger partial charge on any atom is -0.327 e. The highest BCUT2D eigenvalue weighted by Crippen LogP contribution is 2.41. The largest absolute Gasteiger partial charge is 0.327 e. The number of nitrogens with zero attached hydrogens (tertiary/aromatic N) is 1. The molecule has 2 nitrogen and oxygen atoms in total. The van der Waals surface area contributed by atoms with Crippen LogP contribution in [0.25, 0.3) is 0 Å². The van der Waals surface area contributed by atoms with Gasteiger partial charge in [-0.05, 0) is 37.1 Å². The first kappa shape index (κ1) is 10.4. The van der Waals surface area contributed by atoms with Crippen LogP contribution in [0, 0.1) is 11.3 Å². The molecule has 0 bridgehead atoms. The quantitative estimate of drug-likeness (QED) is 0.730. The lowest BCUT2D eigenvalue weighted by Crippen LogP contribution is -2.50. The van der Waals surface area contributed by atoms with Gasteiger partial charge in [0, 0.05) is 19.1 Å². The van der Waals surface area contributed by atoms with Crippen LogP contribution in [0.3, 0.4) is 0 Å². The molecule has 0 spiro atoms. The zero-order valence-corrected chi connectivity index (χ0v) is 9.63. The van der Waals surface area contributed by atoms with Crippen LogP contribution in [0.5, 0.6) is 0 Å². The van der Waals surface area contributed by atoms with Gasteiger partial charge in [-0.25, -0.2) is 0 Å². The van der Waals surface area contributed by atoms with Gasteiger partial charge in [-0.3, -0.25) is 0 Å². The van der Waals surface area contributed by atoms with Gasteiger partial charge in [-0.15, -0.1) is 0 Å². The van der Waals surface area contributed by atoms with Gasteiger partial charge in [0.1, 0.15) is 0 Å². The van der Waals surface area contributed by atoms with Gasteiger partial charge < -0.3 is 10.6 Å². The van der Waals surface area contributed by atoms with Gasteiger partial charge in [-0.1, -0.05) is 20.3 Å². The lowest BCUT2D eigenvalue weighted by molar-refractivity contribution is 0.0565. The fraction of sp³-hybridized carbons (Fsp3) is 1.00. The van der Waals surface area contributed by atoms with Crippen LogP contribution in [0.4, 0.5) is 0 Å². The average Bonchev–Trinajstić information content (AvgIpc) is 2.09. The third-order valence-electron chi connectivity index (χ3n) is 4.22. The van der Waals surface area contributed by atoms with Gasteiger partial charge in [0.25, 0.3) is 0 Å². The summed E-state index contributed by atoms with van der Waals surface area (Å²) >= 11 is 0. The molecule has 2 N–H and O–H groups in total. The van der Waals surface area contributed by atoms with Crippen molar-refractivity contribution < 1.29 is 0 Å². The molecule has 0 amide bonds. The summed E-state index contributed by atoms with van der Waals surface area (Å²) in [5.74, 6) is 0.687. The van der Waals surface area contributed by atoms with Crippen LogP contribution in [0.1, 0.15) is 39.5 Å². The molecule has 0 radical (unpaired) electrons. The number of piperidine rings is 1. The molecule has 2 fully saturated rings. The molecule has 0 aromatic carbocycles. The second-order valence-corrected chi connectivity index (χ2v) is 5.83. The van der Waals surface area contributed by atoms with Gasteiger partial charge >= 0.3 is 0 Å². The third kappa shape index (κ3) is 2.12. The molecule has 2 unspecified atom stereocenters. The highest BCUT2D eigenvalue weighted by atomic mass is 15.1. The molecule has 2 heteroatoms. The molecule has 2 aliphatic rings. The van der Waals surface area contributed by atoms with Crippen LogP contribution in [0.2, 0.25) is 0 Å². The summed E-state index contributed by atoms with van der Waals surface area (Å²) in [6.45, 7) is 8.48. The number of nitrogens with two attached hydrogens (primary N) is 1. The van der Waals surface area contributed by atoms with Gasteiger partial charge in [0.2, 0.25) is 0 Å². The Balaban J connectivity index is 1.81. The first-order valence-corrected chi connectivity index (χ1v) is 6.07. The Kier molecular flexibility index (Phi) is 2.85. The van der Waals surface area contributed by atoms with Crippen molar-refractivity contribution in [2.75, 3.05) is 19.6 Å². The molecular weight excluding hydrogens is 172 g/mol. The van der Waals surface area contributed by atoms with Crippen LogP contribution >= 0.6 is 0 Å². The van der Waals surface area contributed by atoms with E-state index in [1.807, 2.05) is 0 Å². The zero-order chi connectivity index (χ0) is 10.2. The fourth-order valence-corrected chi connectivity index (χ4v) is 2.87.